The smallest absolute Gasteiger partial charge is 0.348 e. The summed E-state index contributed by atoms with van der Waals surface area (Å²) in [6.45, 7) is 2.43. The van der Waals surface area contributed by atoms with E-state index in [4.69, 9.17) is 9.47 Å². The van der Waals surface area contributed by atoms with Crippen LogP contribution in [0.2, 0.25) is 0 Å². The predicted octanol–water partition coefficient (Wildman–Crippen LogP) is 1.82. The fourth-order valence-electron chi connectivity index (χ4n) is 4.83. The van der Waals surface area contributed by atoms with Crippen molar-refractivity contribution in [3.63, 3.8) is 0 Å². The summed E-state index contributed by atoms with van der Waals surface area (Å²) in [5.74, 6) is -14.4. The number of rotatable bonds is 5. The number of pyridine rings is 1. The Labute approximate surface area is 242 Å². The molecule has 1 aliphatic carbocycles. The molecule has 2 aromatic rings. The molecule has 0 bridgehead atoms. The second-order valence-electron chi connectivity index (χ2n) is 10.6. The van der Waals surface area contributed by atoms with Gasteiger partial charge in [-0.2, -0.15) is 0 Å². The molecule has 4 rings (SSSR count). The Bertz CT molecular complexity index is 1420. The van der Waals surface area contributed by atoms with Crippen molar-refractivity contribution in [1.29, 1.82) is 0 Å². The molecule has 1 saturated heterocycles. The summed E-state index contributed by atoms with van der Waals surface area (Å²) in [6, 6.07) is -0.555. The number of carbonyl (C=O) groups is 4. The van der Waals surface area contributed by atoms with Crippen molar-refractivity contribution < 1.29 is 56.4 Å². The summed E-state index contributed by atoms with van der Waals surface area (Å²) in [5.41, 5.74) is -1.26. The lowest BCUT2D eigenvalue weighted by Crippen LogP contribution is -2.59. The van der Waals surface area contributed by atoms with Crippen LogP contribution < -0.4 is 10.6 Å². The molecule has 1 saturated carbocycles. The first-order chi connectivity index (χ1) is 20.3. The van der Waals surface area contributed by atoms with Crippen molar-refractivity contribution >= 4 is 23.8 Å². The van der Waals surface area contributed by atoms with Crippen molar-refractivity contribution in [3.8, 4) is 5.75 Å². The number of nitrogens with one attached hydrogen (secondary N) is 2. The summed E-state index contributed by atoms with van der Waals surface area (Å²) in [6.07, 6.45) is -2.62. The molecule has 11 nitrogen and oxygen atoms in total. The van der Waals surface area contributed by atoms with Crippen LogP contribution in [-0.4, -0.2) is 69.3 Å². The van der Waals surface area contributed by atoms with Crippen molar-refractivity contribution in [2.45, 2.75) is 69.9 Å². The molecule has 1 unspecified atom stereocenters. The fourth-order valence-corrected chi connectivity index (χ4v) is 4.83. The third kappa shape index (κ3) is 6.71. The number of aliphatic hydroxyl groups is 1. The first kappa shape index (κ1) is 31.7. The lowest BCUT2D eigenvalue weighted by molar-refractivity contribution is -0.183. The number of nitrogens with zero attached hydrogens (tertiary/aromatic N) is 1. The zero-order valence-electron chi connectivity index (χ0n) is 23.0. The van der Waals surface area contributed by atoms with Crippen LogP contribution in [-0.2, 0) is 30.3 Å². The lowest BCUT2D eigenvalue weighted by Gasteiger charge is -2.36. The molecule has 232 valence electrons. The Kier molecular flexibility index (Phi) is 9.52. The minimum atomic E-state index is -2.12. The number of hydrogen-bond acceptors (Lipinski definition) is 9. The third-order valence-corrected chi connectivity index (χ3v) is 7.64. The van der Waals surface area contributed by atoms with Gasteiger partial charge in [0.1, 0.15) is 17.9 Å². The van der Waals surface area contributed by atoms with Gasteiger partial charge in [0.05, 0.1) is 18.1 Å². The van der Waals surface area contributed by atoms with Gasteiger partial charge in [0.15, 0.2) is 29.0 Å². The Morgan fingerprint density at radius 1 is 1.07 bits per heavy atom. The summed E-state index contributed by atoms with van der Waals surface area (Å²) in [5, 5.41) is 25.7. The van der Waals surface area contributed by atoms with Gasteiger partial charge >= 0.3 is 11.9 Å². The van der Waals surface area contributed by atoms with E-state index in [1.165, 1.54) is 26.1 Å². The maximum absolute atomic E-state index is 14.6. The molecule has 2 amide bonds. The lowest BCUT2D eigenvalue weighted by atomic mass is 9.81. The zero-order chi connectivity index (χ0) is 31.6. The van der Waals surface area contributed by atoms with E-state index < -0.39 is 113 Å². The topological polar surface area (TPSA) is 164 Å². The van der Waals surface area contributed by atoms with Crippen LogP contribution in [0.5, 0.6) is 5.75 Å². The van der Waals surface area contributed by atoms with Crippen LogP contribution in [0, 0.1) is 35.1 Å². The van der Waals surface area contributed by atoms with Gasteiger partial charge in [0.2, 0.25) is 12.0 Å². The number of hydrogen-bond donors (Lipinski definition) is 4. The van der Waals surface area contributed by atoms with Crippen molar-refractivity contribution in [2.24, 2.45) is 11.8 Å². The van der Waals surface area contributed by atoms with Gasteiger partial charge in [-0.3, -0.25) is 14.4 Å². The van der Waals surface area contributed by atoms with E-state index in [1.54, 1.807) is 0 Å². The molecule has 0 spiro atoms. The minimum Gasteiger partial charge on any atom is -0.505 e. The minimum absolute atomic E-state index is 0.339. The van der Waals surface area contributed by atoms with Crippen molar-refractivity contribution in [1.82, 2.24) is 15.6 Å². The quantitative estimate of drug-likeness (QED) is 0.171. The number of amides is 2. The average Bonchev–Trinajstić information content (AvgIpc) is 2.94. The van der Waals surface area contributed by atoms with E-state index in [1.807, 2.05) is 0 Å². The number of halogens is 4. The van der Waals surface area contributed by atoms with Crippen molar-refractivity contribution in [3.05, 3.63) is 58.9 Å². The number of aromatic nitrogens is 1. The number of aromatic hydroxyl groups is 1. The maximum atomic E-state index is 14.6. The van der Waals surface area contributed by atoms with Crippen LogP contribution in [0.1, 0.15) is 49.2 Å². The molecular formula is C28H29F4N3O8. The highest BCUT2D eigenvalue weighted by Crippen LogP contribution is 2.33. The summed E-state index contributed by atoms with van der Waals surface area (Å²) >= 11 is 0. The largest absolute Gasteiger partial charge is 0.505 e. The number of carbonyl (C=O) groups excluding carboxylic acids is 4. The highest BCUT2D eigenvalue weighted by Gasteiger charge is 2.43. The van der Waals surface area contributed by atoms with Crippen molar-refractivity contribution in [2.75, 3.05) is 0 Å². The fraction of sp³-hybridized carbons (Fsp3) is 0.464. The molecule has 6 atom stereocenters. The molecule has 1 aromatic heterocycles. The van der Waals surface area contributed by atoms with Crippen LogP contribution in [0.15, 0.2) is 24.4 Å². The van der Waals surface area contributed by atoms with Gasteiger partial charge in [0.25, 0.3) is 5.91 Å². The number of cyclic esters (lactones) is 2. The van der Waals surface area contributed by atoms with E-state index in [0.717, 1.165) is 12.5 Å². The second-order valence-corrected chi connectivity index (χ2v) is 10.6. The number of aliphatic hydroxyl groups excluding tert-OH is 1. The van der Waals surface area contributed by atoms with Gasteiger partial charge in [0, 0.05) is 12.1 Å². The average molecular weight is 612 g/mol. The Balaban J connectivity index is 1.73. The number of benzene rings is 1. The predicted molar refractivity (Wildman–Crippen MR) is 137 cm³/mol. The number of ether oxygens (including phenoxy) is 2. The molecule has 1 aromatic carbocycles. The second kappa shape index (κ2) is 12.9. The van der Waals surface area contributed by atoms with Crippen LogP contribution in [0.25, 0.3) is 0 Å². The standard InChI is InChI=1S/C28H29F4N3O8/c1-11-23(37)16(10-14-9-15(29)19(31)20(32)18(14)30)34-25(38)21(35-26(39)22-17(36)7-4-8-33-22)12(2)42-28(41)24(43-27(11)40)13-5-3-6-13/h4,7-9,11-13,16,21,23-24,36-37H,3,5-6,10H2,1-2H3,(H,34,38)(H,35,39)/t11-,12-,16+,21+,23+,24?/m1/s1. The van der Waals surface area contributed by atoms with Gasteiger partial charge in [-0.25, -0.2) is 27.3 Å². The van der Waals surface area contributed by atoms with Crippen LogP contribution in [0.4, 0.5) is 17.6 Å². The van der Waals surface area contributed by atoms with Gasteiger partial charge < -0.3 is 30.3 Å². The molecule has 1 aliphatic heterocycles. The molecule has 43 heavy (non-hydrogen) atoms. The monoisotopic (exact) mass is 611 g/mol. The summed E-state index contributed by atoms with van der Waals surface area (Å²) in [4.78, 5) is 56.4. The van der Waals surface area contributed by atoms with E-state index in [0.29, 0.717) is 18.9 Å². The third-order valence-electron chi connectivity index (χ3n) is 7.64. The van der Waals surface area contributed by atoms with Crippen LogP contribution in [0.3, 0.4) is 0 Å². The van der Waals surface area contributed by atoms with Gasteiger partial charge in [-0.15, -0.1) is 0 Å². The SMILES string of the molecule is C[C@H]1OC(=O)C(C2CCC2)OC(=O)[C@H](C)[C@H](O)[C@H](Cc2cc(F)c(F)c(F)c2F)NC(=O)[C@H]1NC(=O)c1ncccc1O. The Morgan fingerprint density at radius 3 is 2.40 bits per heavy atom. The first-order valence-electron chi connectivity index (χ1n) is 13.5. The zero-order valence-corrected chi connectivity index (χ0v) is 23.0. The molecule has 2 fully saturated rings. The van der Waals surface area contributed by atoms with E-state index >= 15 is 0 Å². The summed E-state index contributed by atoms with van der Waals surface area (Å²) in [7, 11) is 0. The normalized spacial score (nSPS) is 27.1. The maximum Gasteiger partial charge on any atom is 0.348 e. The molecule has 4 N–H and O–H groups in total. The summed E-state index contributed by atoms with van der Waals surface area (Å²) < 4.78 is 67.0. The van der Waals surface area contributed by atoms with Gasteiger partial charge in [-0.05, 0) is 56.9 Å². The molecular weight excluding hydrogens is 582 g/mol. The Morgan fingerprint density at radius 2 is 1.77 bits per heavy atom. The highest BCUT2D eigenvalue weighted by molar-refractivity contribution is 5.98. The van der Waals surface area contributed by atoms with Crippen LogP contribution >= 0.6 is 0 Å². The molecule has 2 aliphatic rings. The first-order valence-corrected chi connectivity index (χ1v) is 13.5. The molecule has 15 heteroatoms. The van der Waals surface area contributed by atoms with Gasteiger partial charge in [-0.1, -0.05) is 6.42 Å². The molecule has 0 radical (unpaired) electrons. The highest BCUT2D eigenvalue weighted by atomic mass is 19.2. The van der Waals surface area contributed by atoms with E-state index in [9.17, 15) is 47.0 Å². The van der Waals surface area contributed by atoms with E-state index in [2.05, 4.69) is 15.6 Å². The number of esters is 2. The van der Waals surface area contributed by atoms with E-state index in [-0.39, 0.29) is 0 Å². The Hall–Kier alpha value is -4.27. The molecule has 2 heterocycles.